The van der Waals surface area contributed by atoms with Gasteiger partial charge in [-0.25, -0.2) is 0 Å². The average molecular weight is 278 g/mol. The van der Waals surface area contributed by atoms with E-state index in [1.165, 1.54) is 0 Å². The van der Waals surface area contributed by atoms with Crippen LogP contribution in [-0.4, -0.2) is 24.6 Å². The summed E-state index contributed by atoms with van der Waals surface area (Å²) < 4.78 is 5.75. The van der Waals surface area contributed by atoms with Gasteiger partial charge in [-0.15, -0.1) is 0 Å². The molecular weight excluding hydrogens is 252 g/mol. The predicted molar refractivity (Wildman–Crippen MR) is 81.7 cm³/mol. The van der Waals surface area contributed by atoms with Crippen molar-refractivity contribution in [3.63, 3.8) is 0 Å². The molecule has 0 aliphatic carbocycles. The lowest BCUT2D eigenvalue weighted by atomic mass is 10.0. The van der Waals surface area contributed by atoms with Gasteiger partial charge in [0.15, 0.2) is 0 Å². The molecule has 0 bridgehead atoms. The summed E-state index contributed by atoms with van der Waals surface area (Å²) >= 11 is 0. The first-order chi connectivity index (χ1) is 9.38. The fourth-order valence-electron chi connectivity index (χ4n) is 1.95. The Morgan fingerprint density at radius 2 is 2.05 bits per heavy atom. The first kappa shape index (κ1) is 16.5. The Kier molecular flexibility index (Phi) is 6.52. The molecule has 1 amide bonds. The quantitative estimate of drug-likeness (QED) is 0.804. The van der Waals surface area contributed by atoms with Gasteiger partial charge in [-0.05, 0) is 43.9 Å². The summed E-state index contributed by atoms with van der Waals surface area (Å²) in [6.45, 7) is 8.51. The fraction of sp³-hybridized carbons (Fsp3) is 0.562. The molecule has 0 spiro atoms. The topological polar surface area (TPSA) is 64.3 Å². The van der Waals surface area contributed by atoms with Crippen molar-refractivity contribution >= 4 is 5.91 Å². The van der Waals surface area contributed by atoms with Crippen LogP contribution in [0, 0.1) is 12.8 Å². The van der Waals surface area contributed by atoms with Crippen molar-refractivity contribution < 1.29 is 9.53 Å². The lowest BCUT2D eigenvalue weighted by Crippen LogP contribution is -2.44. The average Bonchev–Trinajstić information content (AvgIpc) is 2.35. The molecule has 2 atom stereocenters. The number of hydrogen-bond donors (Lipinski definition) is 2. The van der Waals surface area contributed by atoms with Gasteiger partial charge in [-0.2, -0.15) is 0 Å². The Labute approximate surface area is 121 Å². The van der Waals surface area contributed by atoms with Crippen molar-refractivity contribution in [1.82, 2.24) is 5.32 Å². The summed E-state index contributed by atoms with van der Waals surface area (Å²) in [6.07, 6.45) is 0.603. The molecule has 1 aromatic rings. The zero-order valence-corrected chi connectivity index (χ0v) is 12.8. The van der Waals surface area contributed by atoms with Crippen LogP contribution in [0.25, 0.3) is 0 Å². The van der Waals surface area contributed by atoms with Gasteiger partial charge < -0.3 is 15.8 Å². The van der Waals surface area contributed by atoms with Crippen molar-refractivity contribution in [2.45, 2.75) is 46.3 Å². The number of ether oxygens (including phenoxy) is 1. The number of aryl methyl sites for hydroxylation is 1. The zero-order chi connectivity index (χ0) is 15.1. The van der Waals surface area contributed by atoms with E-state index in [-0.39, 0.29) is 12.0 Å². The molecule has 4 heteroatoms. The molecule has 3 N–H and O–H groups in total. The van der Waals surface area contributed by atoms with Crippen molar-refractivity contribution in [2.24, 2.45) is 11.7 Å². The van der Waals surface area contributed by atoms with Crippen molar-refractivity contribution in [2.75, 3.05) is 6.54 Å². The van der Waals surface area contributed by atoms with Crippen molar-refractivity contribution in [3.8, 4) is 5.75 Å². The summed E-state index contributed by atoms with van der Waals surface area (Å²) in [5.74, 6) is 1.12. The van der Waals surface area contributed by atoms with Gasteiger partial charge in [-0.1, -0.05) is 26.0 Å². The minimum atomic E-state index is -0.443. The number of benzene rings is 1. The monoisotopic (exact) mass is 278 g/mol. The van der Waals surface area contributed by atoms with E-state index < -0.39 is 6.04 Å². The largest absolute Gasteiger partial charge is 0.489 e. The molecule has 1 unspecified atom stereocenters. The van der Waals surface area contributed by atoms with E-state index in [1.807, 2.05) is 38.1 Å². The van der Waals surface area contributed by atoms with Crippen LogP contribution in [0.4, 0.5) is 0 Å². The molecule has 0 aromatic heterocycles. The van der Waals surface area contributed by atoms with Crippen LogP contribution in [0.5, 0.6) is 5.75 Å². The molecule has 0 saturated carbocycles. The normalized spacial score (nSPS) is 13.9. The molecule has 20 heavy (non-hydrogen) atoms. The minimum absolute atomic E-state index is 0.0907. The van der Waals surface area contributed by atoms with Gasteiger partial charge in [0.2, 0.25) is 5.91 Å². The van der Waals surface area contributed by atoms with Crippen LogP contribution in [0.3, 0.4) is 0 Å². The summed E-state index contributed by atoms with van der Waals surface area (Å²) in [7, 11) is 0. The van der Waals surface area contributed by atoms with Crippen LogP contribution in [0.2, 0.25) is 0 Å². The summed E-state index contributed by atoms with van der Waals surface area (Å²) in [4.78, 5) is 11.8. The molecule has 0 fully saturated rings. The summed E-state index contributed by atoms with van der Waals surface area (Å²) in [5, 5.41) is 2.83. The van der Waals surface area contributed by atoms with Crippen LogP contribution >= 0.6 is 0 Å². The van der Waals surface area contributed by atoms with E-state index in [0.29, 0.717) is 18.9 Å². The number of hydrogen-bond acceptors (Lipinski definition) is 3. The zero-order valence-electron chi connectivity index (χ0n) is 12.8. The van der Waals surface area contributed by atoms with E-state index in [9.17, 15) is 4.79 Å². The molecule has 0 heterocycles. The fourth-order valence-corrected chi connectivity index (χ4v) is 1.95. The number of carbonyl (C=O) groups excluding carboxylic acids is 1. The standard InChI is InChI=1S/C16H26N2O2/c1-11(2)8-15(17)16(19)18-10-13(4)20-14-7-5-6-12(3)9-14/h5-7,9,11,13,15H,8,10,17H2,1-4H3,(H,18,19)/t13?,15-/m0/s1. The van der Waals surface area contributed by atoms with Crippen LogP contribution in [-0.2, 0) is 4.79 Å². The summed E-state index contributed by atoms with van der Waals surface area (Å²) in [5.41, 5.74) is 6.97. The second-order valence-corrected chi connectivity index (χ2v) is 5.73. The number of carbonyl (C=O) groups is 1. The highest BCUT2D eigenvalue weighted by molar-refractivity contribution is 5.81. The third kappa shape index (κ3) is 6.06. The highest BCUT2D eigenvalue weighted by Gasteiger charge is 2.15. The molecule has 1 rings (SSSR count). The second kappa shape index (κ2) is 7.90. The SMILES string of the molecule is Cc1cccc(OC(C)CNC(=O)[C@@H](N)CC(C)C)c1. The number of nitrogens with one attached hydrogen (secondary N) is 1. The smallest absolute Gasteiger partial charge is 0.237 e. The third-order valence-electron chi connectivity index (χ3n) is 2.95. The van der Waals surface area contributed by atoms with Gasteiger partial charge in [0.25, 0.3) is 0 Å². The van der Waals surface area contributed by atoms with Gasteiger partial charge in [0, 0.05) is 0 Å². The van der Waals surface area contributed by atoms with Crippen LogP contribution < -0.4 is 15.8 Å². The molecule has 0 aliphatic rings. The first-order valence-electron chi connectivity index (χ1n) is 7.15. The molecule has 4 nitrogen and oxygen atoms in total. The first-order valence-corrected chi connectivity index (χ1v) is 7.15. The van der Waals surface area contributed by atoms with Crippen molar-refractivity contribution in [1.29, 1.82) is 0 Å². The Balaban J connectivity index is 2.36. The van der Waals surface area contributed by atoms with Crippen molar-refractivity contribution in [3.05, 3.63) is 29.8 Å². The van der Waals surface area contributed by atoms with Crippen LogP contribution in [0.1, 0.15) is 32.8 Å². The van der Waals surface area contributed by atoms with Gasteiger partial charge in [0.05, 0.1) is 12.6 Å². The number of nitrogens with two attached hydrogens (primary N) is 1. The van der Waals surface area contributed by atoms with E-state index in [1.54, 1.807) is 0 Å². The molecule has 1 aromatic carbocycles. The molecular formula is C16H26N2O2. The van der Waals surface area contributed by atoms with E-state index in [2.05, 4.69) is 19.2 Å². The van der Waals surface area contributed by atoms with E-state index >= 15 is 0 Å². The minimum Gasteiger partial charge on any atom is -0.489 e. The number of amides is 1. The molecule has 0 radical (unpaired) electrons. The Morgan fingerprint density at radius 3 is 2.65 bits per heavy atom. The Bertz CT molecular complexity index is 432. The number of rotatable bonds is 7. The Morgan fingerprint density at radius 1 is 1.35 bits per heavy atom. The lowest BCUT2D eigenvalue weighted by molar-refractivity contribution is -0.123. The third-order valence-corrected chi connectivity index (χ3v) is 2.95. The molecule has 0 saturated heterocycles. The second-order valence-electron chi connectivity index (χ2n) is 5.73. The highest BCUT2D eigenvalue weighted by atomic mass is 16.5. The van der Waals surface area contributed by atoms with Gasteiger partial charge in [0.1, 0.15) is 11.9 Å². The maximum atomic E-state index is 11.8. The molecule has 112 valence electrons. The molecule has 0 aliphatic heterocycles. The summed E-state index contributed by atoms with van der Waals surface area (Å²) in [6, 6.07) is 7.42. The van der Waals surface area contributed by atoms with Gasteiger partial charge >= 0.3 is 0 Å². The maximum Gasteiger partial charge on any atom is 0.237 e. The van der Waals surface area contributed by atoms with E-state index in [0.717, 1.165) is 11.3 Å². The van der Waals surface area contributed by atoms with E-state index in [4.69, 9.17) is 10.5 Å². The highest BCUT2D eigenvalue weighted by Crippen LogP contribution is 2.13. The predicted octanol–water partition coefficient (Wildman–Crippen LogP) is 2.25. The Hall–Kier alpha value is -1.55. The maximum absolute atomic E-state index is 11.8. The van der Waals surface area contributed by atoms with Crippen LogP contribution in [0.15, 0.2) is 24.3 Å². The van der Waals surface area contributed by atoms with Gasteiger partial charge in [-0.3, -0.25) is 4.79 Å². The lowest BCUT2D eigenvalue weighted by Gasteiger charge is -2.18.